The number of halogens is 1. The molecule has 0 spiro atoms. The number of para-hydroxylation sites is 2. The molecule has 6 heteroatoms. The third kappa shape index (κ3) is 2.10. The van der Waals surface area contributed by atoms with Gasteiger partial charge < -0.3 is 15.5 Å². The number of aromatic hydroxyl groups is 1. The molecule has 0 saturated heterocycles. The third-order valence-electron chi connectivity index (χ3n) is 3.99. The Kier molecular flexibility index (Phi) is 3.18. The standard InChI is InChI=1S/C18H11ClN2O3/c19-13-7-5-11(6-8-13)12-9-16-18(17(22)10-12)21(24)15-4-2-1-3-14(15)20(16)23/h1-10,22H. The van der Waals surface area contributed by atoms with Gasteiger partial charge in [-0.3, -0.25) is 0 Å². The average Bonchev–Trinajstić information content (AvgIpc) is 2.60. The molecule has 0 atom stereocenters. The summed E-state index contributed by atoms with van der Waals surface area (Å²) in [5.74, 6) is -0.247. The summed E-state index contributed by atoms with van der Waals surface area (Å²) in [4.78, 5) is 0. The number of aromatic nitrogens is 2. The van der Waals surface area contributed by atoms with Crippen molar-refractivity contribution in [2.24, 2.45) is 0 Å². The van der Waals surface area contributed by atoms with Crippen LogP contribution in [-0.2, 0) is 0 Å². The van der Waals surface area contributed by atoms with E-state index in [0.29, 0.717) is 20.0 Å². The minimum Gasteiger partial charge on any atom is -0.617 e. The lowest BCUT2D eigenvalue weighted by molar-refractivity contribution is -0.591. The second kappa shape index (κ2) is 5.25. The topological polar surface area (TPSA) is 74.1 Å². The van der Waals surface area contributed by atoms with Crippen molar-refractivity contribution in [1.82, 2.24) is 0 Å². The molecule has 0 aliphatic rings. The van der Waals surface area contributed by atoms with Crippen LogP contribution in [0.1, 0.15) is 0 Å². The Morgan fingerprint density at radius 1 is 0.750 bits per heavy atom. The molecular formula is C18H11ClN2O3. The number of hydrogen-bond donors (Lipinski definition) is 1. The number of benzene rings is 3. The van der Waals surface area contributed by atoms with Gasteiger partial charge in [0.2, 0.25) is 0 Å². The maximum atomic E-state index is 12.7. The Balaban J connectivity index is 2.10. The molecule has 0 amide bonds. The maximum Gasteiger partial charge on any atom is 0.332 e. The van der Waals surface area contributed by atoms with Gasteiger partial charge in [0.1, 0.15) is 0 Å². The van der Waals surface area contributed by atoms with Crippen molar-refractivity contribution in [1.29, 1.82) is 0 Å². The van der Waals surface area contributed by atoms with Gasteiger partial charge in [-0.1, -0.05) is 35.9 Å². The molecule has 0 fully saturated rings. The van der Waals surface area contributed by atoms with Crippen LogP contribution in [0.4, 0.5) is 0 Å². The lowest BCUT2D eigenvalue weighted by Crippen LogP contribution is -2.39. The van der Waals surface area contributed by atoms with E-state index in [4.69, 9.17) is 11.6 Å². The highest BCUT2D eigenvalue weighted by Gasteiger charge is 2.25. The first-order valence-electron chi connectivity index (χ1n) is 7.23. The van der Waals surface area contributed by atoms with E-state index in [1.165, 1.54) is 6.07 Å². The van der Waals surface area contributed by atoms with Crippen LogP contribution in [0.25, 0.3) is 33.2 Å². The van der Waals surface area contributed by atoms with Crippen molar-refractivity contribution in [3.8, 4) is 16.9 Å². The number of hydrogen-bond acceptors (Lipinski definition) is 3. The minimum absolute atomic E-state index is 0.0542. The zero-order valence-corrected chi connectivity index (χ0v) is 13.1. The molecule has 1 heterocycles. The molecule has 1 N–H and O–H groups in total. The normalized spacial score (nSPS) is 11.2. The number of fused-ring (bicyclic) bond motifs is 2. The van der Waals surface area contributed by atoms with Gasteiger partial charge in [-0.25, -0.2) is 0 Å². The summed E-state index contributed by atoms with van der Waals surface area (Å²) in [5.41, 5.74) is 1.90. The zero-order valence-electron chi connectivity index (χ0n) is 12.3. The van der Waals surface area contributed by atoms with Gasteiger partial charge >= 0.3 is 5.52 Å². The smallest absolute Gasteiger partial charge is 0.332 e. The van der Waals surface area contributed by atoms with E-state index in [1.54, 1.807) is 54.6 Å². The van der Waals surface area contributed by atoms with Gasteiger partial charge in [-0.05, 0) is 29.3 Å². The van der Waals surface area contributed by atoms with E-state index in [9.17, 15) is 15.5 Å². The largest absolute Gasteiger partial charge is 0.617 e. The molecule has 0 aliphatic heterocycles. The van der Waals surface area contributed by atoms with E-state index in [1.807, 2.05) is 0 Å². The second-order valence-electron chi connectivity index (χ2n) is 5.45. The van der Waals surface area contributed by atoms with Crippen LogP contribution in [0.3, 0.4) is 0 Å². The van der Waals surface area contributed by atoms with Crippen molar-refractivity contribution in [2.75, 3.05) is 0 Å². The van der Waals surface area contributed by atoms with Crippen LogP contribution < -0.4 is 9.46 Å². The summed E-state index contributed by atoms with van der Waals surface area (Å²) in [6.07, 6.45) is 0. The Morgan fingerprint density at radius 2 is 1.38 bits per heavy atom. The molecule has 0 unspecified atom stereocenters. The Hall–Kier alpha value is -3.05. The molecule has 0 bridgehead atoms. The molecule has 4 aromatic rings. The molecule has 5 nitrogen and oxygen atoms in total. The first-order chi connectivity index (χ1) is 11.6. The second-order valence-corrected chi connectivity index (χ2v) is 5.88. The number of nitrogens with zero attached hydrogens (tertiary/aromatic N) is 2. The van der Waals surface area contributed by atoms with Crippen molar-refractivity contribution in [3.63, 3.8) is 0 Å². The number of phenolic OH excluding ortho intramolecular Hbond substituents is 1. The fourth-order valence-electron chi connectivity index (χ4n) is 2.83. The van der Waals surface area contributed by atoms with Gasteiger partial charge in [0, 0.05) is 23.2 Å². The van der Waals surface area contributed by atoms with Crippen LogP contribution in [-0.4, -0.2) is 5.11 Å². The summed E-state index contributed by atoms with van der Waals surface area (Å²) < 4.78 is 1.25. The van der Waals surface area contributed by atoms with E-state index >= 15 is 0 Å². The van der Waals surface area contributed by atoms with Crippen molar-refractivity contribution < 1.29 is 14.6 Å². The predicted molar refractivity (Wildman–Crippen MR) is 91.5 cm³/mol. The minimum atomic E-state index is -0.247. The van der Waals surface area contributed by atoms with E-state index < -0.39 is 0 Å². The summed E-state index contributed by atoms with van der Waals surface area (Å²) in [6, 6.07) is 16.5. The summed E-state index contributed by atoms with van der Waals surface area (Å²) in [6.45, 7) is 0. The van der Waals surface area contributed by atoms with Crippen molar-refractivity contribution in [2.45, 2.75) is 0 Å². The molecule has 24 heavy (non-hydrogen) atoms. The van der Waals surface area contributed by atoms with Crippen LogP contribution in [0.15, 0.2) is 60.7 Å². The monoisotopic (exact) mass is 338 g/mol. The van der Waals surface area contributed by atoms with Gasteiger partial charge in [0.05, 0.1) is 0 Å². The predicted octanol–water partition coefficient (Wildman–Crippen LogP) is 3.29. The van der Waals surface area contributed by atoms with Gasteiger partial charge in [0.15, 0.2) is 5.75 Å². The van der Waals surface area contributed by atoms with Gasteiger partial charge in [-0.15, -0.1) is 0 Å². The highest BCUT2D eigenvalue weighted by molar-refractivity contribution is 6.30. The fourth-order valence-corrected chi connectivity index (χ4v) is 2.96. The fraction of sp³-hybridized carbons (Fsp3) is 0. The molecule has 1 aromatic heterocycles. The van der Waals surface area contributed by atoms with Gasteiger partial charge in [0.25, 0.3) is 16.6 Å². The number of phenols is 1. The highest BCUT2D eigenvalue weighted by atomic mass is 35.5. The van der Waals surface area contributed by atoms with Crippen LogP contribution in [0, 0.1) is 10.4 Å². The van der Waals surface area contributed by atoms with Gasteiger partial charge in [-0.2, -0.15) is 9.46 Å². The zero-order chi connectivity index (χ0) is 16.8. The molecule has 118 valence electrons. The molecule has 0 aliphatic carbocycles. The molecule has 3 aromatic carbocycles. The first-order valence-corrected chi connectivity index (χ1v) is 7.60. The Bertz CT molecular complexity index is 1100. The van der Waals surface area contributed by atoms with Crippen molar-refractivity contribution >= 4 is 33.7 Å². The highest BCUT2D eigenvalue weighted by Crippen LogP contribution is 2.30. The average molecular weight is 339 g/mol. The van der Waals surface area contributed by atoms with Crippen molar-refractivity contribution in [3.05, 3.63) is 76.1 Å². The lowest BCUT2D eigenvalue weighted by atomic mass is 10.0. The molecule has 0 radical (unpaired) electrons. The maximum absolute atomic E-state index is 12.7. The van der Waals surface area contributed by atoms with Crippen LogP contribution in [0.2, 0.25) is 5.02 Å². The van der Waals surface area contributed by atoms with E-state index in [-0.39, 0.29) is 27.8 Å². The Morgan fingerprint density at radius 3 is 2.04 bits per heavy atom. The summed E-state index contributed by atoms with van der Waals surface area (Å²) in [7, 11) is 0. The molecule has 4 rings (SSSR count). The molecule has 0 saturated carbocycles. The first kappa shape index (κ1) is 14.5. The third-order valence-corrected chi connectivity index (χ3v) is 4.24. The van der Waals surface area contributed by atoms with Crippen LogP contribution in [0.5, 0.6) is 5.75 Å². The van der Waals surface area contributed by atoms with E-state index in [0.717, 1.165) is 5.56 Å². The lowest BCUT2D eigenvalue weighted by Gasteiger charge is -2.10. The number of rotatable bonds is 1. The SMILES string of the molecule is [O-][n+]1c2ccccc2[n+]([O-])c2c(O)cc(-c3ccc(Cl)cc3)cc21. The van der Waals surface area contributed by atoms with Crippen LogP contribution >= 0.6 is 11.6 Å². The summed E-state index contributed by atoms with van der Waals surface area (Å²) >= 11 is 5.89. The molecular weight excluding hydrogens is 328 g/mol. The van der Waals surface area contributed by atoms with E-state index in [2.05, 4.69) is 0 Å². The summed E-state index contributed by atoms with van der Waals surface area (Å²) in [5, 5.41) is 36.1. The Labute approximate surface area is 141 Å². The quantitative estimate of drug-likeness (QED) is 0.329.